The zero-order valence-electron chi connectivity index (χ0n) is 16.9. The molecule has 0 fully saturated rings. The third-order valence-corrected chi connectivity index (χ3v) is 5.88. The summed E-state index contributed by atoms with van der Waals surface area (Å²) < 4.78 is 1.26. The highest BCUT2D eigenvalue weighted by Gasteiger charge is 2.29. The van der Waals surface area contributed by atoms with Crippen molar-refractivity contribution in [3.05, 3.63) is 110 Å². The number of aromatic amines is 1. The number of aryl methyl sites for hydroxylation is 1. The Morgan fingerprint density at radius 1 is 1.06 bits per heavy atom. The number of pyridine rings is 1. The second-order valence-electron chi connectivity index (χ2n) is 7.76. The van der Waals surface area contributed by atoms with Gasteiger partial charge in [-0.1, -0.05) is 54.6 Å². The Morgan fingerprint density at radius 2 is 1.81 bits per heavy atom. The number of hydrogen-bond donors (Lipinski definition) is 1. The van der Waals surface area contributed by atoms with Gasteiger partial charge in [-0.3, -0.25) is 19.1 Å². The summed E-state index contributed by atoms with van der Waals surface area (Å²) in [7, 11) is 1.53. The molecule has 0 spiro atoms. The van der Waals surface area contributed by atoms with Gasteiger partial charge in [0.1, 0.15) is 5.65 Å². The van der Waals surface area contributed by atoms with Crippen LogP contribution >= 0.6 is 0 Å². The van der Waals surface area contributed by atoms with Crippen LogP contribution in [0.4, 0.5) is 0 Å². The maximum absolute atomic E-state index is 13.4. The van der Waals surface area contributed by atoms with Crippen molar-refractivity contribution in [3.8, 4) is 0 Å². The van der Waals surface area contributed by atoms with Gasteiger partial charge in [0.05, 0.1) is 10.9 Å². The van der Waals surface area contributed by atoms with Crippen LogP contribution in [0.15, 0.2) is 76.4 Å². The van der Waals surface area contributed by atoms with Crippen LogP contribution in [-0.4, -0.2) is 31.9 Å². The minimum Gasteiger partial charge on any atom is -0.333 e. The summed E-state index contributed by atoms with van der Waals surface area (Å²) in [6.45, 7) is 1.02. The van der Waals surface area contributed by atoms with Crippen molar-refractivity contribution >= 4 is 16.9 Å². The average molecular weight is 412 g/mol. The summed E-state index contributed by atoms with van der Waals surface area (Å²) >= 11 is 0. The number of nitrogens with zero attached hydrogens (tertiary/aromatic N) is 3. The topological polar surface area (TPSA) is 88.1 Å². The van der Waals surface area contributed by atoms with Crippen LogP contribution in [0.25, 0.3) is 11.0 Å². The SMILES string of the molecule is Cn1c(=O)[nH]c(=O)c2cc(C(=O)N3Cc4ccccc4C(c4ccccc4)C3)cnc21. The van der Waals surface area contributed by atoms with E-state index in [-0.39, 0.29) is 22.9 Å². The molecule has 31 heavy (non-hydrogen) atoms. The molecule has 1 aliphatic heterocycles. The minimum absolute atomic E-state index is 0.0627. The minimum atomic E-state index is -0.550. The molecule has 2 aromatic carbocycles. The number of rotatable bonds is 2. The quantitative estimate of drug-likeness (QED) is 0.548. The molecule has 5 rings (SSSR count). The van der Waals surface area contributed by atoms with Crippen LogP contribution in [0.5, 0.6) is 0 Å². The fraction of sp³-hybridized carbons (Fsp3) is 0.167. The van der Waals surface area contributed by atoms with Crippen LogP contribution < -0.4 is 11.2 Å². The van der Waals surface area contributed by atoms with Gasteiger partial charge in [0.2, 0.25) is 0 Å². The fourth-order valence-electron chi connectivity index (χ4n) is 4.27. The first-order valence-corrected chi connectivity index (χ1v) is 10.0. The lowest BCUT2D eigenvalue weighted by Crippen LogP contribution is -2.38. The molecule has 1 unspecified atom stereocenters. The fourth-order valence-corrected chi connectivity index (χ4v) is 4.27. The zero-order chi connectivity index (χ0) is 21.5. The van der Waals surface area contributed by atoms with Crippen molar-refractivity contribution in [1.29, 1.82) is 0 Å². The molecular weight excluding hydrogens is 392 g/mol. The molecule has 4 aromatic rings. The highest BCUT2D eigenvalue weighted by atomic mass is 16.2. The maximum Gasteiger partial charge on any atom is 0.329 e. The number of hydrogen-bond acceptors (Lipinski definition) is 4. The van der Waals surface area contributed by atoms with Gasteiger partial charge in [0.15, 0.2) is 0 Å². The summed E-state index contributed by atoms with van der Waals surface area (Å²) in [4.78, 5) is 45.7. The normalized spacial score (nSPS) is 15.6. The van der Waals surface area contributed by atoms with Gasteiger partial charge in [0.25, 0.3) is 11.5 Å². The lowest BCUT2D eigenvalue weighted by atomic mass is 9.84. The molecule has 3 heterocycles. The second-order valence-corrected chi connectivity index (χ2v) is 7.76. The predicted octanol–water partition coefficient (Wildman–Crippen LogP) is 2.41. The van der Waals surface area contributed by atoms with E-state index >= 15 is 0 Å². The van der Waals surface area contributed by atoms with E-state index in [2.05, 4.69) is 28.2 Å². The number of amides is 1. The van der Waals surface area contributed by atoms with E-state index in [1.165, 1.54) is 29.4 Å². The summed E-state index contributed by atoms with van der Waals surface area (Å²) in [6.07, 6.45) is 1.43. The molecule has 154 valence electrons. The Balaban J connectivity index is 1.55. The summed E-state index contributed by atoms with van der Waals surface area (Å²) in [5.41, 5.74) is 2.95. The number of benzene rings is 2. The van der Waals surface area contributed by atoms with Gasteiger partial charge in [-0.25, -0.2) is 9.78 Å². The van der Waals surface area contributed by atoms with Crippen molar-refractivity contribution in [3.63, 3.8) is 0 Å². The van der Waals surface area contributed by atoms with Gasteiger partial charge in [-0.2, -0.15) is 0 Å². The van der Waals surface area contributed by atoms with E-state index in [1.807, 2.05) is 36.4 Å². The summed E-state index contributed by atoms with van der Waals surface area (Å²) in [6, 6.07) is 19.8. The van der Waals surface area contributed by atoms with E-state index in [0.29, 0.717) is 18.7 Å². The summed E-state index contributed by atoms with van der Waals surface area (Å²) in [5.74, 6) is -0.133. The smallest absolute Gasteiger partial charge is 0.329 e. The monoisotopic (exact) mass is 412 g/mol. The highest BCUT2D eigenvalue weighted by Crippen LogP contribution is 2.34. The zero-order valence-corrected chi connectivity index (χ0v) is 16.9. The van der Waals surface area contributed by atoms with Crippen LogP contribution in [0.1, 0.15) is 33.0 Å². The van der Waals surface area contributed by atoms with Crippen LogP contribution in [0.3, 0.4) is 0 Å². The van der Waals surface area contributed by atoms with Gasteiger partial charge in [-0.15, -0.1) is 0 Å². The van der Waals surface area contributed by atoms with Crippen molar-refractivity contribution in [1.82, 2.24) is 19.4 Å². The molecule has 7 nitrogen and oxygen atoms in total. The molecular formula is C24H20N4O3. The van der Waals surface area contributed by atoms with Crippen molar-refractivity contribution < 1.29 is 4.79 Å². The number of aromatic nitrogens is 3. The summed E-state index contributed by atoms with van der Waals surface area (Å²) in [5, 5.41) is 0.213. The Bertz CT molecular complexity index is 1420. The highest BCUT2D eigenvalue weighted by molar-refractivity contribution is 5.97. The number of H-pyrrole nitrogens is 1. The van der Waals surface area contributed by atoms with Gasteiger partial charge in [0, 0.05) is 32.3 Å². The second kappa shape index (κ2) is 7.36. The number of nitrogens with one attached hydrogen (secondary N) is 1. The molecule has 1 atom stereocenters. The first kappa shape index (κ1) is 19.0. The molecule has 1 amide bonds. The molecule has 7 heteroatoms. The number of carbonyl (C=O) groups excluding carboxylic acids is 1. The van der Waals surface area contributed by atoms with E-state index < -0.39 is 11.2 Å². The Morgan fingerprint density at radius 3 is 2.61 bits per heavy atom. The largest absolute Gasteiger partial charge is 0.333 e. The number of fused-ring (bicyclic) bond motifs is 2. The molecule has 0 aliphatic carbocycles. The van der Waals surface area contributed by atoms with Crippen LogP contribution in [0, 0.1) is 0 Å². The Labute approximate surface area is 177 Å². The Hall–Kier alpha value is -4.00. The van der Waals surface area contributed by atoms with Gasteiger partial charge < -0.3 is 4.90 Å². The van der Waals surface area contributed by atoms with Crippen LogP contribution in [-0.2, 0) is 13.6 Å². The first-order chi connectivity index (χ1) is 15.0. The molecule has 0 radical (unpaired) electrons. The van der Waals surface area contributed by atoms with Crippen molar-refractivity contribution in [2.24, 2.45) is 7.05 Å². The lowest BCUT2D eigenvalue weighted by molar-refractivity contribution is 0.0725. The van der Waals surface area contributed by atoms with Crippen molar-refractivity contribution in [2.75, 3.05) is 6.54 Å². The standard InChI is InChI=1S/C24H20N4O3/c1-27-21-19(22(29)26-24(27)31)11-17(12-25-21)23(30)28-13-16-9-5-6-10-18(16)20(14-28)15-7-3-2-4-8-15/h2-12,20H,13-14H2,1H3,(H,26,29,31). The van der Waals surface area contributed by atoms with Crippen molar-refractivity contribution in [2.45, 2.75) is 12.5 Å². The molecule has 1 aliphatic rings. The maximum atomic E-state index is 13.4. The predicted molar refractivity (Wildman–Crippen MR) is 117 cm³/mol. The Kier molecular flexibility index (Phi) is 4.51. The average Bonchev–Trinajstić information content (AvgIpc) is 2.81. The molecule has 2 aromatic heterocycles. The number of carbonyl (C=O) groups is 1. The third-order valence-electron chi connectivity index (χ3n) is 5.88. The molecule has 0 bridgehead atoms. The lowest BCUT2D eigenvalue weighted by Gasteiger charge is -2.35. The molecule has 0 saturated heterocycles. The third kappa shape index (κ3) is 3.24. The molecule has 0 saturated carbocycles. The molecule has 1 N–H and O–H groups in total. The van der Waals surface area contributed by atoms with E-state index in [4.69, 9.17) is 0 Å². The van der Waals surface area contributed by atoms with Gasteiger partial charge >= 0.3 is 5.69 Å². The van der Waals surface area contributed by atoms with Gasteiger partial charge in [-0.05, 0) is 22.8 Å². The van der Waals surface area contributed by atoms with E-state index in [9.17, 15) is 14.4 Å². The van der Waals surface area contributed by atoms with Crippen LogP contribution in [0.2, 0.25) is 0 Å². The first-order valence-electron chi connectivity index (χ1n) is 10.0. The van der Waals surface area contributed by atoms with E-state index in [0.717, 1.165) is 11.1 Å². The van der Waals surface area contributed by atoms with E-state index in [1.54, 1.807) is 4.90 Å².